The number of amides is 1. The Morgan fingerprint density at radius 2 is 1.36 bits per heavy atom. The Morgan fingerprint density at radius 1 is 0.818 bits per heavy atom. The first-order valence-electron chi connectivity index (χ1n) is 10.9. The molecular weight excluding hydrogens is 410 g/mol. The van der Waals surface area contributed by atoms with Gasteiger partial charge >= 0.3 is 0 Å². The molecule has 4 aromatic rings. The van der Waals surface area contributed by atoms with E-state index in [0.29, 0.717) is 17.5 Å². The largest absolute Gasteiger partial charge is 0.416 e. The summed E-state index contributed by atoms with van der Waals surface area (Å²) >= 11 is 0. The molecule has 33 heavy (non-hydrogen) atoms. The molecule has 1 aromatic heterocycles. The normalized spacial score (nSPS) is 11.6. The van der Waals surface area contributed by atoms with E-state index in [1.165, 1.54) is 17.2 Å². The Bertz CT molecular complexity index is 1260. The molecule has 0 aliphatic heterocycles. The van der Waals surface area contributed by atoms with Gasteiger partial charge in [0.05, 0.1) is 0 Å². The highest BCUT2D eigenvalue weighted by Crippen LogP contribution is 2.28. The molecule has 0 unspecified atom stereocenters. The fraction of sp³-hybridized carbons (Fsp3) is 0.179. The molecule has 166 valence electrons. The zero-order valence-electron chi connectivity index (χ0n) is 19.3. The average molecular weight is 438 g/mol. The molecule has 0 spiro atoms. The van der Waals surface area contributed by atoms with Gasteiger partial charge in [-0.2, -0.15) is 0 Å². The molecule has 0 aliphatic rings. The van der Waals surface area contributed by atoms with Gasteiger partial charge in [-0.3, -0.25) is 4.79 Å². The van der Waals surface area contributed by atoms with Crippen molar-refractivity contribution in [2.75, 3.05) is 5.32 Å². The molecule has 1 N–H and O–H groups in total. The molecule has 0 radical (unpaired) electrons. The summed E-state index contributed by atoms with van der Waals surface area (Å²) in [5, 5.41) is 11.2. The number of carbonyl (C=O) groups is 1. The van der Waals surface area contributed by atoms with Crippen LogP contribution in [0.25, 0.3) is 29.0 Å². The summed E-state index contributed by atoms with van der Waals surface area (Å²) < 4.78 is 5.88. The van der Waals surface area contributed by atoms with Crippen molar-refractivity contribution < 1.29 is 9.21 Å². The molecule has 3 aromatic carbocycles. The van der Waals surface area contributed by atoms with Crippen LogP contribution in [0, 0.1) is 6.92 Å². The summed E-state index contributed by atoms with van der Waals surface area (Å²) in [4.78, 5) is 12.2. The monoisotopic (exact) mass is 437 g/mol. The summed E-state index contributed by atoms with van der Waals surface area (Å²) in [5.41, 5.74) is 5.85. The van der Waals surface area contributed by atoms with Gasteiger partial charge < -0.3 is 9.73 Å². The maximum absolute atomic E-state index is 12.2. The predicted molar refractivity (Wildman–Crippen MR) is 133 cm³/mol. The highest BCUT2D eigenvalue weighted by atomic mass is 16.4. The minimum absolute atomic E-state index is 0.0894. The fourth-order valence-electron chi connectivity index (χ4n) is 3.30. The lowest BCUT2D eigenvalue weighted by atomic mass is 9.87. The van der Waals surface area contributed by atoms with Gasteiger partial charge in [-0.25, -0.2) is 0 Å². The zero-order chi connectivity index (χ0) is 23.4. The quantitative estimate of drug-likeness (QED) is 0.354. The predicted octanol–water partition coefficient (Wildman–Crippen LogP) is 6.66. The molecular formula is C28H27N3O2. The van der Waals surface area contributed by atoms with Crippen molar-refractivity contribution in [3.8, 4) is 22.9 Å². The van der Waals surface area contributed by atoms with Crippen LogP contribution in [0.1, 0.15) is 37.5 Å². The van der Waals surface area contributed by atoms with E-state index >= 15 is 0 Å². The van der Waals surface area contributed by atoms with Gasteiger partial charge in [-0.05, 0) is 65.9 Å². The first-order chi connectivity index (χ1) is 15.8. The minimum atomic E-state index is -0.192. The topological polar surface area (TPSA) is 68.0 Å². The lowest BCUT2D eigenvalue weighted by molar-refractivity contribution is -0.111. The number of benzene rings is 3. The van der Waals surface area contributed by atoms with Crippen LogP contribution in [0.4, 0.5) is 5.69 Å². The van der Waals surface area contributed by atoms with Crippen LogP contribution in [-0.4, -0.2) is 16.1 Å². The molecule has 0 saturated heterocycles. The third kappa shape index (κ3) is 5.63. The van der Waals surface area contributed by atoms with Gasteiger partial charge in [0, 0.05) is 22.9 Å². The average Bonchev–Trinajstić information content (AvgIpc) is 3.29. The van der Waals surface area contributed by atoms with Gasteiger partial charge in [0.25, 0.3) is 0 Å². The van der Waals surface area contributed by atoms with E-state index in [1.54, 1.807) is 6.08 Å². The number of carbonyl (C=O) groups excluding carboxylic acids is 1. The lowest BCUT2D eigenvalue weighted by Gasteiger charge is -2.18. The van der Waals surface area contributed by atoms with Crippen molar-refractivity contribution in [3.63, 3.8) is 0 Å². The smallest absolute Gasteiger partial charge is 0.248 e. The third-order valence-corrected chi connectivity index (χ3v) is 5.33. The second-order valence-electron chi connectivity index (χ2n) is 9.05. The number of anilines is 1. The van der Waals surface area contributed by atoms with Gasteiger partial charge in [-0.15, -0.1) is 10.2 Å². The van der Waals surface area contributed by atoms with Crippen molar-refractivity contribution in [1.29, 1.82) is 0 Å². The van der Waals surface area contributed by atoms with Crippen LogP contribution < -0.4 is 5.32 Å². The second-order valence-corrected chi connectivity index (χ2v) is 9.05. The van der Waals surface area contributed by atoms with Crippen LogP contribution in [0.15, 0.2) is 83.3 Å². The van der Waals surface area contributed by atoms with Gasteiger partial charge in [0.15, 0.2) is 0 Å². The molecule has 1 amide bonds. The Kier molecular flexibility index (Phi) is 6.22. The standard InChI is InChI=1S/C28H27N3O2/c1-19-5-7-20(8-6-19)9-18-25(32)29-24-16-12-22(13-17-24)27-31-30-26(33-27)21-10-14-23(15-11-21)28(2,3)4/h5-18H,1-4H3,(H,29,32)/b18-9+. The Labute approximate surface area is 194 Å². The van der Waals surface area contributed by atoms with E-state index in [0.717, 1.165) is 16.7 Å². The van der Waals surface area contributed by atoms with Crippen molar-refractivity contribution in [2.45, 2.75) is 33.1 Å². The first kappa shape index (κ1) is 22.2. The summed E-state index contributed by atoms with van der Waals surface area (Å²) in [6.45, 7) is 8.57. The van der Waals surface area contributed by atoms with E-state index in [4.69, 9.17) is 4.42 Å². The highest BCUT2D eigenvalue weighted by Gasteiger charge is 2.15. The molecule has 5 nitrogen and oxygen atoms in total. The maximum atomic E-state index is 12.2. The van der Waals surface area contributed by atoms with Gasteiger partial charge in [0.2, 0.25) is 17.7 Å². The number of rotatable bonds is 5. The van der Waals surface area contributed by atoms with Gasteiger partial charge in [-0.1, -0.05) is 62.7 Å². The number of aryl methyl sites for hydroxylation is 1. The maximum Gasteiger partial charge on any atom is 0.248 e. The molecule has 4 rings (SSSR count). The molecule has 0 aliphatic carbocycles. The van der Waals surface area contributed by atoms with Crippen molar-refractivity contribution >= 4 is 17.7 Å². The fourth-order valence-corrected chi connectivity index (χ4v) is 3.30. The van der Waals surface area contributed by atoms with Crippen molar-refractivity contribution in [3.05, 3.63) is 95.6 Å². The van der Waals surface area contributed by atoms with E-state index in [-0.39, 0.29) is 11.3 Å². The molecule has 0 atom stereocenters. The summed E-state index contributed by atoms with van der Waals surface area (Å²) in [5.74, 6) is 0.716. The van der Waals surface area contributed by atoms with Crippen molar-refractivity contribution in [2.24, 2.45) is 0 Å². The molecule has 5 heteroatoms. The summed E-state index contributed by atoms with van der Waals surface area (Å²) in [6, 6.07) is 23.5. The number of hydrogen-bond acceptors (Lipinski definition) is 4. The summed E-state index contributed by atoms with van der Waals surface area (Å²) in [6.07, 6.45) is 3.31. The van der Waals surface area contributed by atoms with E-state index in [9.17, 15) is 4.79 Å². The number of hydrogen-bond donors (Lipinski definition) is 1. The minimum Gasteiger partial charge on any atom is -0.416 e. The Morgan fingerprint density at radius 3 is 1.91 bits per heavy atom. The van der Waals surface area contributed by atoms with Crippen LogP contribution in [0.3, 0.4) is 0 Å². The number of nitrogens with zero attached hydrogens (tertiary/aromatic N) is 2. The SMILES string of the molecule is Cc1ccc(/C=C/C(=O)Nc2ccc(-c3nnc(-c4ccc(C(C)(C)C)cc4)o3)cc2)cc1. The Hall–Kier alpha value is -3.99. The van der Waals surface area contributed by atoms with Crippen LogP contribution in [0.2, 0.25) is 0 Å². The summed E-state index contributed by atoms with van der Waals surface area (Å²) in [7, 11) is 0. The lowest BCUT2D eigenvalue weighted by Crippen LogP contribution is -2.10. The van der Waals surface area contributed by atoms with Crippen LogP contribution >= 0.6 is 0 Å². The first-order valence-corrected chi connectivity index (χ1v) is 10.9. The van der Waals surface area contributed by atoms with E-state index in [1.807, 2.05) is 67.6 Å². The van der Waals surface area contributed by atoms with E-state index in [2.05, 4.69) is 48.4 Å². The van der Waals surface area contributed by atoms with Crippen LogP contribution in [-0.2, 0) is 10.2 Å². The zero-order valence-corrected chi connectivity index (χ0v) is 19.3. The van der Waals surface area contributed by atoms with Gasteiger partial charge in [0.1, 0.15) is 0 Å². The molecule has 0 saturated carbocycles. The molecule has 1 heterocycles. The third-order valence-electron chi connectivity index (χ3n) is 5.33. The molecule has 0 fully saturated rings. The number of aromatic nitrogens is 2. The Balaban J connectivity index is 1.41. The number of nitrogens with one attached hydrogen (secondary N) is 1. The second kappa shape index (κ2) is 9.25. The molecule has 0 bridgehead atoms. The van der Waals surface area contributed by atoms with Crippen LogP contribution in [0.5, 0.6) is 0 Å². The highest BCUT2D eigenvalue weighted by molar-refractivity contribution is 6.02. The van der Waals surface area contributed by atoms with Crippen molar-refractivity contribution in [1.82, 2.24) is 10.2 Å². The van der Waals surface area contributed by atoms with E-state index < -0.39 is 0 Å².